The average Bonchev–Trinajstić information content (AvgIpc) is 2.75. The summed E-state index contributed by atoms with van der Waals surface area (Å²) in [5.41, 5.74) is -0.938. The third-order valence-electron chi connectivity index (χ3n) is 5.33. The zero-order valence-corrected chi connectivity index (χ0v) is 16.0. The largest absolute Gasteiger partial charge is 0.424 e. The highest BCUT2D eigenvalue weighted by Crippen LogP contribution is 2.33. The molecule has 1 aliphatic rings. The molecule has 1 fully saturated rings. The highest BCUT2D eigenvalue weighted by Gasteiger charge is 2.48. The Morgan fingerprint density at radius 2 is 1.54 bits per heavy atom. The molecule has 1 N–H and O–H groups in total. The van der Waals surface area contributed by atoms with Crippen molar-refractivity contribution in [3.63, 3.8) is 0 Å². The Hall–Kier alpha value is -2.72. The van der Waals surface area contributed by atoms with Gasteiger partial charge in [0.1, 0.15) is 5.75 Å². The molecule has 0 aliphatic heterocycles. The van der Waals surface area contributed by atoms with Crippen LogP contribution in [0.4, 0.5) is 0 Å². The van der Waals surface area contributed by atoms with Crippen molar-refractivity contribution in [1.82, 2.24) is 0 Å². The zero-order chi connectivity index (χ0) is 20.0. The van der Waals surface area contributed by atoms with E-state index < -0.39 is 17.4 Å². The van der Waals surface area contributed by atoms with E-state index in [1.165, 1.54) is 0 Å². The lowest BCUT2D eigenvalue weighted by Gasteiger charge is -2.31. The van der Waals surface area contributed by atoms with Crippen LogP contribution < -0.4 is 4.74 Å². The van der Waals surface area contributed by atoms with Gasteiger partial charge in [-0.1, -0.05) is 74.4 Å². The maximum absolute atomic E-state index is 13.2. The van der Waals surface area contributed by atoms with E-state index in [9.17, 15) is 14.7 Å². The van der Waals surface area contributed by atoms with Crippen LogP contribution in [0.2, 0.25) is 0 Å². The maximum atomic E-state index is 13.2. The zero-order valence-electron chi connectivity index (χ0n) is 16.0. The number of ketones is 1. The number of aliphatic hydroxyl groups is 1. The summed E-state index contributed by atoms with van der Waals surface area (Å²) in [6.07, 6.45) is 4.14. The summed E-state index contributed by atoms with van der Waals surface area (Å²) >= 11 is 0. The molecule has 4 nitrogen and oxygen atoms in total. The molecule has 146 valence electrons. The summed E-state index contributed by atoms with van der Waals surface area (Å²) < 4.78 is 5.38. The molecule has 0 heterocycles. The number of Topliss-reactive ketones (excluding diaryl/α,β-unsaturated/α-hetero) is 1. The second kappa shape index (κ2) is 8.98. The number of rotatable bonds is 7. The molecule has 1 atom stereocenters. The highest BCUT2D eigenvalue weighted by molar-refractivity contribution is 6.09. The van der Waals surface area contributed by atoms with Crippen molar-refractivity contribution in [2.24, 2.45) is 5.92 Å². The predicted octanol–water partition coefficient (Wildman–Crippen LogP) is 4.58. The molecule has 1 aliphatic carbocycles. The lowest BCUT2D eigenvalue weighted by Crippen LogP contribution is -2.52. The van der Waals surface area contributed by atoms with Crippen LogP contribution in [0.1, 0.15) is 44.1 Å². The molecule has 0 aromatic heterocycles. The van der Waals surface area contributed by atoms with Gasteiger partial charge >= 0.3 is 5.97 Å². The predicted molar refractivity (Wildman–Crippen MR) is 109 cm³/mol. The van der Waals surface area contributed by atoms with Gasteiger partial charge in [-0.15, -0.1) is 0 Å². The van der Waals surface area contributed by atoms with E-state index in [2.05, 4.69) is 6.58 Å². The van der Waals surface area contributed by atoms with Crippen LogP contribution in [0.3, 0.4) is 0 Å². The van der Waals surface area contributed by atoms with Crippen molar-refractivity contribution in [2.75, 3.05) is 0 Å². The summed E-state index contributed by atoms with van der Waals surface area (Å²) in [6, 6.07) is 17.8. The Labute approximate surface area is 165 Å². The lowest BCUT2D eigenvalue weighted by molar-refractivity contribution is -0.164. The Morgan fingerprint density at radius 3 is 2.14 bits per heavy atom. The monoisotopic (exact) mass is 378 g/mol. The van der Waals surface area contributed by atoms with E-state index in [1.807, 2.05) is 30.3 Å². The maximum Gasteiger partial charge on any atom is 0.351 e. The number of hydrogen-bond acceptors (Lipinski definition) is 4. The molecular weight excluding hydrogens is 352 g/mol. The average molecular weight is 378 g/mol. The standard InChI is InChI=1S/C24H26O4/c1-18(19-11-5-2-6-12-19)17-24(27,22(25)20-13-7-3-8-14-20)23(26)28-21-15-9-4-10-16-21/h2,4-6,9-12,15-16,20,27H,1,3,7-8,13-14,17H2/t24-/m0/s1. The first kappa shape index (κ1) is 20.0. The number of carbonyl (C=O) groups excluding carboxylic acids is 2. The fraction of sp³-hybridized carbons (Fsp3) is 0.333. The smallest absolute Gasteiger partial charge is 0.351 e. The molecule has 28 heavy (non-hydrogen) atoms. The van der Waals surface area contributed by atoms with Gasteiger partial charge in [0, 0.05) is 12.3 Å². The van der Waals surface area contributed by atoms with Crippen molar-refractivity contribution in [1.29, 1.82) is 0 Å². The van der Waals surface area contributed by atoms with Gasteiger partial charge in [0.25, 0.3) is 0 Å². The summed E-state index contributed by atoms with van der Waals surface area (Å²) in [4.78, 5) is 26.2. The molecule has 0 bridgehead atoms. The van der Waals surface area contributed by atoms with Crippen LogP contribution >= 0.6 is 0 Å². The van der Waals surface area contributed by atoms with Crippen molar-refractivity contribution < 1.29 is 19.4 Å². The molecular formula is C24H26O4. The topological polar surface area (TPSA) is 63.6 Å². The molecule has 0 radical (unpaired) electrons. The van der Waals surface area contributed by atoms with E-state index in [0.717, 1.165) is 24.8 Å². The summed E-state index contributed by atoms with van der Waals surface area (Å²) in [6.45, 7) is 4.01. The Kier molecular flexibility index (Phi) is 6.42. The fourth-order valence-corrected chi connectivity index (χ4v) is 3.73. The van der Waals surface area contributed by atoms with E-state index in [4.69, 9.17) is 4.74 Å². The number of carbonyl (C=O) groups is 2. The summed E-state index contributed by atoms with van der Waals surface area (Å²) in [7, 11) is 0. The molecule has 0 spiro atoms. The second-order valence-corrected chi connectivity index (χ2v) is 7.41. The molecule has 3 rings (SSSR count). The third kappa shape index (κ3) is 4.57. The van der Waals surface area contributed by atoms with Gasteiger partial charge in [-0.25, -0.2) is 4.79 Å². The Morgan fingerprint density at radius 1 is 0.964 bits per heavy atom. The van der Waals surface area contributed by atoms with E-state index in [-0.39, 0.29) is 12.3 Å². The molecule has 0 unspecified atom stereocenters. The quantitative estimate of drug-likeness (QED) is 0.435. The van der Waals surface area contributed by atoms with Gasteiger partial charge in [0.05, 0.1) is 0 Å². The number of para-hydroxylation sites is 1. The van der Waals surface area contributed by atoms with Crippen LogP contribution in [0, 0.1) is 5.92 Å². The van der Waals surface area contributed by atoms with Crippen molar-refractivity contribution >= 4 is 17.3 Å². The van der Waals surface area contributed by atoms with Crippen LogP contribution in [0.5, 0.6) is 5.75 Å². The van der Waals surface area contributed by atoms with Crippen LogP contribution in [0.25, 0.3) is 5.57 Å². The number of hydrogen-bond donors (Lipinski definition) is 1. The van der Waals surface area contributed by atoms with E-state index in [0.29, 0.717) is 24.2 Å². The van der Waals surface area contributed by atoms with Crippen LogP contribution in [-0.4, -0.2) is 22.5 Å². The van der Waals surface area contributed by atoms with Gasteiger partial charge in [-0.3, -0.25) is 4.79 Å². The normalized spacial score (nSPS) is 16.8. The number of benzene rings is 2. The molecule has 4 heteroatoms. The minimum Gasteiger partial charge on any atom is -0.424 e. The molecule has 2 aromatic rings. The minimum atomic E-state index is -2.25. The Balaban J connectivity index is 1.86. The number of esters is 1. The fourth-order valence-electron chi connectivity index (χ4n) is 3.73. The second-order valence-electron chi connectivity index (χ2n) is 7.41. The minimum absolute atomic E-state index is 0.183. The van der Waals surface area contributed by atoms with Crippen molar-refractivity contribution in [2.45, 2.75) is 44.1 Å². The third-order valence-corrected chi connectivity index (χ3v) is 5.33. The Bertz CT molecular complexity index is 822. The first-order valence-electron chi connectivity index (χ1n) is 9.78. The van der Waals surface area contributed by atoms with E-state index in [1.54, 1.807) is 30.3 Å². The van der Waals surface area contributed by atoms with Gasteiger partial charge in [0.15, 0.2) is 5.78 Å². The molecule has 0 saturated heterocycles. The molecule has 1 saturated carbocycles. The van der Waals surface area contributed by atoms with Gasteiger partial charge < -0.3 is 9.84 Å². The number of ether oxygens (including phenoxy) is 1. The first-order chi connectivity index (χ1) is 13.5. The summed E-state index contributed by atoms with van der Waals surface area (Å²) in [5.74, 6) is -1.42. The lowest BCUT2D eigenvalue weighted by atomic mass is 9.77. The highest BCUT2D eigenvalue weighted by atomic mass is 16.6. The first-order valence-corrected chi connectivity index (χ1v) is 9.78. The van der Waals surface area contributed by atoms with Gasteiger partial charge in [-0.2, -0.15) is 0 Å². The SMILES string of the molecule is C=C(C[C@@](O)(C(=O)Oc1ccccc1)C(=O)C1CCCCC1)c1ccccc1. The van der Waals surface area contributed by atoms with E-state index >= 15 is 0 Å². The van der Waals surface area contributed by atoms with Crippen molar-refractivity contribution in [3.8, 4) is 5.75 Å². The van der Waals surface area contributed by atoms with Gasteiger partial charge in [0.2, 0.25) is 5.60 Å². The van der Waals surface area contributed by atoms with Crippen LogP contribution in [-0.2, 0) is 9.59 Å². The van der Waals surface area contributed by atoms with Crippen LogP contribution in [0.15, 0.2) is 67.2 Å². The summed E-state index contributed by atoms with van der Waals surface area (Å²) in [5, 5.41) is 11.3. The van der Waals surface area contributed by atoms with Crippen molar-refractivity contribution in [3.05, 3.63) is 72.8 Å². The molecule has 2 aromatic carbocycles. The molecule has 0 amide bonds. The van der Waals surface area contributed by atoms with Gasteiger partial charge in [-0.05, 0) is 36.1 Å².